The monoisotopic (exact) mass is 347 g/mol. The van der Waals surface area contributed by atoms with Gasteiger partial charge in [-0.15, -0.1) is 0 Å². The number of nitrogens with zero attached hydrogens (tertiary/aromatic N) is 2. The number of hydrogen-bond acceptors (Lipinski definition) is 4. The number of fused-ring (bicyclic) bond motifs is 1. The Labute approximate surface area is 149 Å². The van der Waals surface area contributed by atoms with E-state index in [4.69, 9.17) is 4.74 Å². The highest BCUT2D eigenvalue weighted by atomic mass is 16.5. The summed E-state index contributed by atoms with van der Waals surface area (Å²) in [5.41, 5.74) is 3.82. The van der Waals surface area contributed by atoms with Crippen LogP contribution in [0, 0.1) is 0 Å². The summed E-state index contributed by atoms with van der Waals surface area (Å²) in [6.07, 6.45) is 1.52. The average Bonchev–Trinajstić information content (AvgIpc) is 3.33. The molecule has 0 aliphatic rings. The van der Waals surface area contributed by atoms with E-state index in [1.165, 1.54) is 6.20 Å². The molecule has 2 aromatic heterocycles. The van der Waals surface area contributed by atoms with Crippen molar-refractivity contribution in [2.45, 2.75) is 6.54 Å². The highest BCUT2D eigenvalue weighted by molar-refractivity contribution is 5.99. The fraction of sp³-hybridized carbons (Fsp3) is 0.105. The second kappa shape index (κ2) is 6.72. The summed E-state index contributed by atoms with van der Waals surface area (Å²) in [7, 11) is 1.61. The highest BCUT2D eigenvalue weighted by Crippen LogP contribution is 2.23. The van der Waals surface area contributed by atoms with E-state index in [0.29, 0.717) is 23.6 Å². The molecular formula is C19H17N5O2. The standard InChI is InChI=1S/C19H17N5O2/c1-26-13-8-6-12(7-9-13)18-14(10-21-24-18)19(25)20-11-17-22-15-4-2-3-5-16(15)23-17/h2-10H,11H2,1H3,(H,20,25)(H,21,24)(H,22,23). The molecule has 0 atom stereocenters. The number of nitrogens with one attached hydrogen (secondary N) is 3. The van der Waals surface area contributed by atoms with Crippen LogP contribution >= 0.6 is 0 Å². The number of hydrogen-bond donors (Lipinski definition) is 3. The summed E-state index contributed by atoms with van der Waals surface area (Å²) < 4.78 is 5.16. The van der Waals surface area contributed by atoms with Crippen molar-refractivity contribution < 1.29 is 9.53 Å². The second-order valence-corrected chi connectivity index (χ2v) is 5.77. The Balaban J connectivity index is 1.50. The van der Waals surface area contributed by atoms with Gasteiger partial charge < -0.3 is 15.0 Å². The van der Waals surface area contributed by atoms with Crippen molar-refractivity contribution >= 4 is 16.9 Å². The third kappa shape index (κ3) is 3.02. The van der Waals surface area contributed by atoms with Gasteiger partial charge in [0, 0.05) is 5.56 Å². The number of rotatable bonds is 5. The molecule has 4 aromatic rings. The lowest BCUT2D eigenvalue weighted by atomic mass is 10.1. The lowest BCUT2D eigenvalue weighted by Crippen LogP contribution is -2.23. The fourth-order valence-electron chi connectivity index (χ4n) is 2.78. The van der Waals surface area contributed by atoms with E-state index in [-0.39, 0.29) is 5.91 Å². The van der Waals surface area contributed by atoms with Gasteiger partial charge >= 0.3 is 0 Å². The molecule has 0 saturated carbocycles. The zero-order valence-electron chi connectivity index (χ0n) is 14.1. The predicted octanol–water partition coefficient (Wildman–Crippen LogP) is 2.89. The number of methoxy groups -OCH3 is 1. The summed E-state index contributed by atoms with van der Waals surface area (Å²) >= 11 is 0. The summed E-state index contributed by atoms with van der Waals surface area (Å²) in [6.45, 7) is 0.306. The van der Waals surface area contributed by atoms with E-state index in [1.807, 2.05) is 48.5 Å². The van der Waals surface area contributed by atoms with Gasteiger partial charge in [0.05, 0.1) is 42.1 Å². The van der Waals surface area contributed by atoms with Crippen molar-refractivity contribution in [2.24, 2.45) is 0 Å². The van der Waals surface area contributed by atoms with Crippen molar-refractivity contribution in [2.75, 3.05) is 7.11 Å². The average molecular weight is 347 g/mol. The molecule has 0 fully saturated rings. The van der Waals surface area contributed by atoms with Crippen LogP contribution in [0.2, 0.25) is 0 Å². The molecular weight excluding hydrogens is 330 g/mol. The van der Waals surface area contributed by atoms with E-state index in [1.54, 1.807) is 7.11 Å². The topological polar surface area (TPSA) is 95.7 Å². The lowest BCUT2D eigenvalue weighted by Gasteiger charge is -2.05. The number of carbonyl (C=O) groups excluding carboxylic acids is 1. The zero-order valence-corrected chi connectivity index (χ0v) is 14.1. The second-order valence-electron chi connectivity index (χ2n) is 5.77. The van der Waals surface area contributed by atoms with Gasteiger partial charge in [-0.25, -0.2) is 4.98 Å². The van der Waals surface area contributed by atoms with Crippen molar-refractivity contribution in [3.63, 3.8) is 0 Å². The molecule has 26 heavy (non-hydrogen) atoms. The van der Waals surface area contributed by atoms with Gasteiger partial charge in [0.1, 0.15) is 11.6 Å². The molecule has 0 radical (unpaired) electrons. The predicted molar refractivity (Wildman–Crippen MR) is 97.8 cm³/mol. The first-order valence-corrected chi connectivity index (χ1v) is 8.14. The van der Waals surface area contributed by atoms with E-state index in [2.05, 4.69) is 25.5 Å². The minimum absolute atomic E-state index is 0.218. The maximum Gasteiger partial charge on any atom is 0.255 e. The third-order valence-corrected chi connectivity index (χ3v) is 4.12. The molecule has 0 unspecified atom stereocenters. The van der Waals surface area contributed by atoms with Gasteiger partial charge in [-0.05, 0) is 36.4 Å². The largest absolute Gasteiger partial charge is 0.497 e. The van der Waals surface area contributed by atoms with Crippen molar-refractivity contribution in [1.82, 2.24) is 25.5 Å². The smallest absolute Gasteiger partial charge is 0.255 e. The molecule has 0 bridgehead atoms. The summed E-state index contributed by atoms with van der Waals surface area (Å²) in [5.74, 6) is 1.24. The van der Waals surface area contributed by atoms with E-state index >= 15 is 0 Å². The normalized spacial score (nSPS) is 10.8. The van der Waals surface area contributed by atoms with E-state index in [9.17, 15) is 4.79 Å². The Morgan fingerprint density at radius 2 is 1.96 bits per heavy atom. The molecule has 130 valence electrons. The molecule has 7 heteroatoms. The van der Waals surface area contributed by atoms with Gasteiger partial charge in [-0.1, -0.05) is 12.1 Å². The molecule has 1 amide bonds. The van der Waals surface area contributed by atoms with E-state index in [0.717, 1.165) is 22.3 Å². The van der Waals surface area contributed by atoms with Gasteiger partial charge in [0.2, 0.25) is 0 Å². The number of aromatic amines is 2. The number of H-pyrrole nitrogens is 2. The van der Waals surface area contributed by atoms with Crippen molar-refractivity contribution in [1.29, 1.82) is 0 Å². The molecule has 0 aliphatic carbocycles. The molecule has 0 aliphatic heterocycles. The van der Waals surface area contributed by atoms with Gasteiger partial charge in [-0.3, -0.25) is 9.89 Å². The summed E-state index contributed by atoms with van der Waals surface area (Å²) in [6, 6.07) is 15.2. The van der Waals surface area contributed by atoms with Crippen LogP contribution in [0.3, 0.4) is 0 Å². The van der Waals surface area contributed by atoms with Crippen LogP contribution in [0.1, 0.15) is 16.2 Å². The molecule has 2 heterocycles. The van der Waals surface area contributed by atoms with Gasteiger partial charge in [-0.2, -0.15) is 5.10 Å². The first kappa shape index (κ1) is 15.9. The van der Waals surface area contributed by atoms with Crippen molar-refractivity contribution in [3.8, 4) is 17.0 Å². The van der Waals surface area contributed by atoms with E-state index < -0.39 is 0 Å². The quantitative estimate of drug-likeness (QED) is 0.517. The molecule has 7 nitrogen and oxygen atoms in total. The first-order valence-electron chi connectivity index (χ1n) is 8.14. The summed E-state index contributed by atoms with van der Waals surface area (Å²) in [4.78, 5) is 20.2. The molecule has 0 spiro atoms. The highest BCUT2D eigenvalue weighted by Gasteiger charge is 2.15. The van der Waals surface area contributed by atoms with Crippen LogP contribution in [-0.2, 0) is 6.54 Å². The number of ether oxygens (including phenoxy) is 1. The van der Waals surface area contributed by atoms with Crippen LogP contribution in [0.15, 0.2) is 54.7 Å². The Bertz CT molecular complexity index is 1020. The van der Waals surface area contributed by atoms with Crippen molar-refractivity contribution in [3.05, 3.63) is 66.1 Å². The number of benzene rings is 2. The number of amides is 1. The fourth-order valence-corrected chi connectivity index (χ4v) is 2.78. The van der Waals surface area contributed by atoms with Crippen LogP contribution < -0.4 is 10.1 Å². The van der Waals surface area contributed by atoms with Crippen LogP contribution in [0.4, 0.5) is 0 Å². The van der Waals surface area contributed by atoms with Gasteiger partial charge in [0.15, 0.2) is 0 Å². The maximum absolute atomic E-state index is 12.6. The maximum atomic E-state index is 12.6. The van der Waals surface area contributed by atoms with Crippen LogP contribution in [-0.4, -0.2) is 33.2 Å². The molecule has 3 N–H and O–H groups in total. The molecule has 2 aromatic carbocycles. The van der Waals surface area contributed by atoms with Crippen LogP contribution in [0.5, 0.6) is 5.75 Å². The number of para-hydroxylation sites is 2. The Morgan fingerprint density at radius 1 is 1.15 bits per heavy atom. The molecule has 4 rings (SSSR count). The van der Waals surface area contributed by atoms with Gasteiger partial charge in [0.25, 0.3) is 5.91 Å². The lowest BCUT2D eigenvalue weighted by molar-refractivity contribution is 0.0950. The van der Waals surface area contributed by atoms with Crippen LogP contribution in [0.25, 0.3) is 22.3 Å². The number of aromatic nitrogens is 4. The minimum Gasteiger partial charge on any atom is -0.497 e. The SMILES string of the molecule is COc1ccc(-c2[nH]ncc2C(=O)NCc2nc3ccccc3[nH]2)cc1. The number of imidazole rings is 1. The number of carbonyl (C=O) groups is 1. The Morgan fingerprint density at radius 3 is 2.73 bits per heavy atom. The Hall–Kier alpha value is -3.61. The third-order valence-electron chi connectivity index (χ3n) is 4.12. The Kier molecular flexibility index (Phi) is 4.10. The summed E-state index contributed by atoms with van der Waals surface area (Å²) in [5, 5.41) is 9.77. The zero-order chi connectivity index (χ0) is 17.9. The minimum atomic E-state index is -0.218. The molecule has 0 saturated heterocycles. The first-order chi connectivity index (χ1) is 12.7.